The molecule has 1 aliphatic heterocycles. The fraction of sp³-hybridized carbons (Fsp3) is 0.231. The van der Waals surface area contributed by atoms with E-state index in [0.717, 1.165) is 12.1 Å². The molecule has 3 nitrogen and oxygen atoms in total. The molecule has 1 amide bonds. The summed E-state index contributed by atoms with van der Waals surface area (Å²) in [5.41, 5.74) is 3.21. The Morgan fingerprint density at radius 1 is 1.37 bits per heavy atom. The van der Waals surface area contributed by atoms with Crippen LogP contribution < -0.4 is 5.43 Å². The largest absolute Gasteiger partial charge is 0.416 e. The maximum Gasteiger partial charge on any atom is 0.416 e. The first-order chi connectivity index (χ1) is 8.86. The van der Waals surface area contributed by atoms with E-state index in [2.05, 4.69) is 10.5 Å². The monoisotopic (exact) mass is 268 g/mol. The summed E-state index contributed by atoms with van der Waals surface area (Å²) in [6.07, 6.45) is -2.71. The molecule has 0 aromatic heterocycles. The number of rotatable bonds is 1. The van der Waals surface area contributed by atoms with Crippen molar-refractivity contribution in [3.05, 3.63) is 41.0 Å². The van der Waals surface area contributed by atoms with Crippen LogP contribution in [-0.2, 0) is 11.0 Å². The number of hydrogen-bond acceptors (Lipinski definition) is 2. The van der Waals surface area contributed by atoms with Crippen molar-refractivity contribution in [3.63, 3.8) is 0 Å². The van der Waals surface area contributed by atoms with Crippen LogP contribution in [0.5, 0.6) is 0 Å². The quantitative estimate of drug-likeness (QED) is 0.835. The number of alkyl halides is 3. The normalized spacial score (nSPS) is 18.2. The number of hydrogen-bond donors (Lipinski definition) is 1. The molecule has 1 aliphatic rings. The van der Waals surface area contributed by atoms with Gasteiger partial charge in [0, 0.05) is 0 Å². The predicted molar refractivity (Wildman–Crippen MR) is 65.3 cm³/mol. The Bertz CT molecular complexity index is 573. The molecule has 0 saturated carbocycles. The molecule has 2 rings (SSSR count). The molecule has 0 fully saturated rings. The summed E-state index contributed by atoms with van der Waals surface area (Å²) in [6.45, 7) is 1.69. The van der Waals surface area contributed by atoms with Crippen molar-refractivity contribution in [1.29, 1.82) is 0 Å². The molecule has 0 unspecified atom stereocenters. The molecular weight excluding hydrogens is 257 g/mol. The molecule has 1 N–H and O–H groups in total. The van der Waals surface area contributed by atoms with Crippen LogP contribution in [0.2, 0.25) is 0 Å². The third-order valence-electron chi connectivity index (χ3n) is 2.72. The lowest BCUT2D eigenvalue weighted by atomic mass is 10.0. The van der Waals surface area contributed by atoms with Gasteiger partial charge in [-0.05, 0) is 36.3 Å². The number of carbonyl (C=O) groups excluding carboxylic acids is 1. The molecule has 1 aromatic rings. The van der Waals surface area contributed by atoms with E-state index in [1.165, 1.54) is 6.07 Å². The van der Waals surface area contributed by atoms with Gasteiger partial charge in [0.15, 0.2) is 0 Å². The highest BCUT2D eigenvalue weighted by Gasteiger charge is 2.30. The smallest absolute Gasteiger partial charge is 0.273 e. The molecule has 0 spiro atoms. The summed E-state index contributed by atoms with van der Waals surface area (Å²) in [7, 11) is 0. The van der Waals surface area contributed by atoms with Crippen molar-refractivity contribution >= 4 is 17.7 Å². The van der Waals surface area contributed by atoms with Crippen molar-refractivity contribution in [2.45, 2.75) is 19.5 Å². The summed E-state index contributed by atoms with van der Waals surface area (Å²) in [6, 6.07) is 4.95. The Kier molecular flexibility index (Phi) is 3.42. The van der Waals surface area contributed by atoms with Crippen molar-refractivity contribution < 1.29 is 18.0 Å². The maximum absolute atomic E-state index is 12.6. The summed E-state index contributed by atoms with van der Waals surface area (Å²) in [5, 5.41) is 3.79. The third kappa shape index (κ3) is 3.21. The van der Waals surface area contributed by atoms with Gasteiger partial charge in [-0.3, -0.25) is 4.79 Å². The van der Waals surface area contributed by atoms with E-state index in [1.54, 1.807) is 19.1 Å². The van der Waals surface area contributed by atoms with Gasteiger partial charge in [0.2, 0.25) is 5.91 Å². The molecule has 0 radical (unpaired) electrons. The first kappa shape index (κ1) is 13.3. The number of nitrogens with one attached hydrogen (secondary N) is 1. The van der Waals surface area contributed by atoms with Crippen LogP contribution in [0.25, 0.3) is 6.08 Å². The highest BCUT2D eigenvalue weighted by Crippen LogP contribution is 2.30. The zero-order valence-corrected chi connectivity index (χ0v) is 10.1. The van der Waals surface area contributed by atoms with Gasteiger partial charge in [-0.1, -0.05) is 12.1 Å². The summed E-state index contributed by atoms with van der Waals surface area (Å²) in [5.74, 6) is -0.274. The van der Waals surface area contributed by atoms with Crippen LogP contribution in [0.3, 0.4) is 0 Å². The number of carbonyl (C=O) groups is 1. The van der Waals surface area contributed by atoms with Gasteiger partial charge in [0.1, 0.15) is 0 Å². The SMILES string of the molecule is CC1=NNC(=O)C/C1=C\c1cccc(C(F)(F)F)c1. The van der Waals surface area contributed by atoms with Gasteiger partial charge in [-0.25, -0.2) is 5.43 Å². The van der Waals surface area contributed by atoms with E-state index in [1.807, 2.05) is 0 Å². The van der Waals surface area contributed by atoms with Gasteiger partial charge in [0.05, 0.1) is 17.7 Å². The highest BCUT2D eigenvalue weighted by atomic mass is 19.4. The summed E-state index contributed by atoms with van der Waals surface area (Å²) < 4.78 is 37.7. The zero-order valence-electron chi connectivity index (χ0n) is 10.1. The molecule has 0 aliphatic carbocycles. The molecule has 19 heavy (non-hydrogen) atoms. The van der Waals surface area contributed by atoms with E-state index in [-0.39, 0.29) is 12.3 Å². The number of nitrogens with zero attached hydrogens (tertiary/aromatic N) is 1. The van der Waals surface area contributed by atoms with Crippen molar-refractivity contribution in [2.75, 3.05) is 0 Å². The van der Waals surface area contributed by atoms with Crippen molar-refractivity contribution in [2.24, 2.45) is 5.10 Å². The average molecular weight is 268 g/mol. The molecule has 0 bridgehead atoms. The van der Waals surface area contributed by atoms with Gasteiger partial charge < -0.3 is 0 Å². The maximum atomic E-state index is 12.6. The Balaban J connectivity index is 2.35. The molecule has 100 valence electrons. The van der Waals surface area contributed by atoms with E-state index in [4.69, 9.17) is 0 Å². The number of halogens is 3. The first-order valence-electron chi connectivity index (χ1n) is 5.57. The highest BCUT2D eigenvalue weighted by molar-refractivity contribution is 6.08. The fourth-order valence-corrected chi connectivity index (χ4v) is 1.72. The lowest BCUT2D eigenvalue weighted by Gasteiger charge is -2.13. The molecule has 0 atom stereocenters. The Morgan fingerprint density at radius 3 is 2.79 bits per heavy atom. The lowest BCUT2D eigenvalue weighted by molar-refractivity contribution is -0.137. The summed E-state index contributed by atoms with van der Waals surface area (Å²) in [4.78, 5) is 11.2. The van der Waals surface area contributed by atoms with E-state index < -0.39 is 11.7 Å². The second-order valence-corrected chi connectivity index (χ2v) is 4.20. The minimum absolute atomic E-state index is 0.117. The van der Waals surface area contributed by atoms with Crippen LogP contribution in [0, 0.1) is 0 Å². The van der Waals surface area contributed by atoms with Gasteiger partial charge in [-0.15, -0.1) is 0 Å². The number of hydrazone groups is 1. The van der Waals surface area contributed by atoms with Crippen LogP contribution in [0.15, 0.2) is 34.9 Å². The van der Waals surface area contributed by atoms with E-state index >= 15 is 0 Å². The lowest BCUT2D eigenvalue weighted by Crippen LogP contribution is -2.26. The number of benzene rings is 1. The second-order valence-electron chi connectivity index (χ2n) is 4.20. The fourth-order valence-electron chi connectivity index (χ4n) is 1.72. The van der Waals surface area contributed by atoms with Gasteiger partial charge in [0.25, 0.3) is 0 Å². The average Bonchev–Trinajstić information content (AvgIpc) is 2.33. The summed E-state index contributed by atoms with van der Waals surface area (Å²) >= 11 is 0. The third-order valence-corrected chi connectivity index (χ3v) is 2.72. The topological polar surface area (TPSA) is 41.5 Å². The first-order valence-corrected chi connectivity index (χ1v) is 5.57. The second kappa shape index (κ2) is 4.87. The van der Waals surface area contributed by atoms with E-state index in [9.17, 15) is 18.0 Å². The van der Waals surface area contributed by atoms with E-state index in [0.29, 0.717) is 16.8 Å². The van der Waals surface area contributed by atoms with Crippen LogP contribution in [-0.4, -0.2) is 11.6 Å². The Morgan fingerprint density at radius 2 is 2.11 bits per heavy atom. The predicted octanol–water partition coefficient (Wildman–Crippen LogP) is 2.98. The van der Waals surface area contributed by atoms with Crippen LogP contribution in [0.4, 0.5) is 13.2 Å². The van der Waals surface area contributed by atoms with Crippen LogP contribution in [0.1, 0.15) is 24.5 Å². The van der Waals surface area contributed by atoms with Crippen molar-refractivity contribution in [1.82, 2.24) is 5.43 Å². The molecular formula is C13H11F3N2O. The number of amides is 1. The van der Waals surface area contributed by atoms with Crippen LogP contribution >= 0.6 is 0 Å². The molecule has 6 heteroatoms. The Hall–Kier alpha value is -2.11. The molecule has 0 saturated heterocycles. The molecule has 1 heterocycles. The zero-order chi connectivity index (χ0) is 14.0. The van der Waals surface area contributed by atoms with Gasteiger partial charge in [-0.2, -0.15) is 18.3 Å². The Labute approximate surface area is 107 Å². The van der Waals surface area contributed by atoms with Gasteiger partial charge >= 0.3 is 6.18 Å². The minimum Gasteiger partial charge on any atom is -0.273 e. The minimum atomic E-state index is -4.37. The van der Waals surface area contributed by atoms with Crippen molar-refractivity contribution in [3.8, 4) is 0 Å². The molecule has 1 aromatic carbocycles. The standard InChI is InChI=1S/C13H11F3N2O/c1-8-10(7-12(19)18-17-8)5-9-3-2-4-11(6-9)13(14,15)16/h2-6H,7H2,1H3,(H,18,19)/b10-5+.